The summed E-state index contributed by atoms with van der Waals surface area (Å²) >= 11 is 6.52. The molecule has 0 saturated carbocycles. The topological polar surface area (TPSA) is 91.0 Å². The van der Waals surface area contributed by atoms with E-state index >= 15 is 0 Å². The van der Waals surface area contributed by atoms with E-state index in [2.05, 4.69) is 20.4 Å². The third-order valence-electron chi connectivity index (χ3n) is 5.64. The van der Waals surface area contributed by atoms with Gasteiger partial charge in [-0.05, 0) is 54.8 Å². The van der Waals surface area contributed by atoms with Crippen molar-refractivity contribution in [3.63, 3.8) is 0 Å². The molecule has 2 aromatic carbocycles. The molecule has 5 rings (SSSR count). The molecule has 1 unspecified atom stereocenters. The van der Waals surface area contributed by atoms with Crippen molar-refractivity contribution in [3.8, 4) is 11.4 Å². The monoisotopic (exact) mass is 463 g/mol. The smallest absolute Gasteiger partial charge is 0.256 e. The molecule has 0 bridgehead atoms. The summed E-state index contributed by atoms with van der Waals surface area (Å²) in [6.45, 7) is 3.37. The van der Waals surface area contributed by atoms with E-state index in [1.807, 2.05) is 48.2 Å². The maximum atomic E-state index is 13.7. The van der Waals surface area contributed by atoms with E-state index in [0.717, 1.165) is 16.8 Å². The summed E-state index contributed by atoms with van der Waals surface area (Å²) in [4.78, 5) is 18.6. The number of carbonyl (C=O) groups excluding carboxylic acids is 1. The van der Waals surface area contributed by atoms with E-state index in [1.165, 1.54) is 9.59 Å². The number of carbonyl (C=O) groups is 1. The Morgan fingerprint density at radius 1 is 1.03 bits per heavy atom. The van der Waals surface area contributed by atoms with Crippen molar-refractivity contribution in [2.75, 3.05) is 19.8 Å². The second-order valence-corrected chi connectivity index (χ2v) is 8.27. The lowest BCUT2D eigenvalue weighted by Gasteiger charge is -2.36. The maximum Gasteiger partial charge on any atom is 0.256 e. The lowest BCUT2D eigenvalue weighted by atomic mass is 10.0. The van der Waals surface area contributed by atoms with Crippen LogP contribution in [0.1, 0.15) is 21.5 Å². The molecule has 1 aliphatic rings. The molecule has 2 aromatic heterocycles. The second kappa shape index (κ2) is 9.13. The maximum absolute atomic E-state index is 13.7. The van der Waals surface area contributed by atoms with Crippen molar-refractivity contribution >= 4 is 17.5 Å². The first-order valence-corrected chi connectivity index (χ1v) is 11.0. The van der Waals surface area contributed by atoms with Gasteiger partial charge >= 0.3 is 0 Å². The van der Waals surface area contributed by atoms with Crippen LogP contribution in [0.3, 0.4) is 0 Å². The molecule has 1 saturated heterocycles. The van der Waals surface area contributed by atoms with Gasteiger partial charge in [0.15, 0.2) is 0 Å². The number of amides is 1. The van der Waals surface area contributed by atoms with Crippen molar-refractivity contribution < 1.29 is 9.53 Å². The standard InChI is InChI=1S/C23H22ClN7O2/c1-16-2-4-20(22(12-16)31-27-8-9-28-31)23(32)29-10-11-33-15-19(29)14-17-13-18(3-5-21(17)24)30-25-6-7-26-30/h2-9,12-13,19H,10-11,14-15H2,1H3. The lowest BCUT2D eigenvalue weighted by Crippen LogP contribution is -2.50. The number of nitrogens with zero attached hydrogens (tertiary/aromatic N) is 7. The highest BCUT2D eigenvalue weighted by Gasteiger charge is 2.30. The van der Waals surface area contributed by atoms with Gasteiger partial charge in [0.2, 0.25) is 0 Å². The molecular formula is C23H22ClN7O2. The molecule has 9 nitrogen and oxygen atoms in total. The molecule has 1 aliphatic heterocycles. The molecule has 1 atom stereocenters. The third kappa shape index (κ3) is 4.37. The zero-order valence-electron chi connectivity index (χ0n) is 18.0. The molecule has 168 valence electrons. The van der Waals surface area contributed by atoms with Crippen LogP contribution in [0.5, 0.6) is 0 Å². The predicted octanol–water partition coefficient (Wildman–Crippen LogP) is 2.89. The number of aromatic nitrogens is 6. The number of morpholine rings is 1. The first-order valence-electron chi connectivity index (χ1n) is 10.6. The Morgan fingerprint density at radius 3 is 2.52 bits per heavy atom. The van der Waals surface area contributed by atoms with E-state index in [-0.39, 0.29) is 11.9 Å². The third-order valence-corrected chi connectivity index (χ3v) is 6.01. The van der Waals surface area contributed by atoms with Crippen LogP contribution in [0.4, 0.5) is 0 Å². The summed E-state index contributed by atoms with van der Waals surface area (Å²) in [7, 11) is 0. The Morgan fingerprint density at radius 2 is 1.76 bits per heavy atom. The molecule has 0 radical (unpaired) electrons. The second-order valence-electron chi connectivity index (χ2n) is 7.86. The Bertz CT molecular complexity index is 1260. The first-order chi connectivity index (χ1) is 16.1. The lowest BCUT2D eigenvalue weighted by molar-refractivity contribution is -0.00164. The number of rotatable bonds is 5. The number of hydrogen-bond donors (Lipinski definition) is 0. The summed E-state index contributed by atoms with van der Waals surface area (Å²) in [5.74, 6) is -0.0865. The van der Waals surface area contributed by atoms with Gasteiger partial charge in [0.05, 0.1) is 61.0 Å². The molecule has 0 spiro atoms. The van der Waals surface area contributed by atoms with Gasteiger partial charge in [-0.2, -0.15) is 30.0 Å². The largest absolute Gasteiger partial charge is 0.377 e. The van der Waals surface area contributed by atoms with Gasteiger partial charge in [0.1, 0.15) is 0 Å². The van der Waals surface area contributed by atoms with E-state index in [4.69, 9.17) is 16.3 Å². The molecule has 10 heteroatoms. The summed E-state index contributed by atoms with van der Waals surface area (Å²) in [5.41, 5.74) is 3.93. The van der Waals surface area contributed by atoms with Crippen molar-refractivity contribution in [1.82, 2.24) is 34.9 Å². The van der Waals surface area contributed by atoms with Gasteiger partial charge in [-0.25, -0.2) is 0 Å². The Labute approximate surface area is 195 Å². The summed E-state index contributed by atoms with van der Waals surface area (Å²) in [6, 6.07) is 11.1. The number of aryl methyl sites for hydroxylation is 1. The van der Waals surface area contributed by atoms with Crippen LogP contribution in [0, 0.1) is 6.92 Å². The minimum Gasteiger partial charge on any atom is -0.377 e. The fourth-order valence-electron chi connectivity index (χ4n) is 4.02. The highest BCUT2D eigenvalue weighted by Crippen LogP contribution is 2.25. The SMILES string of the molecule is Cc1ccc(C(=O)N2CCOCC2Cc2cc(-n3nccn3)ccc2Cl)c(-n2nccn2)c1. The van der Waals surface area contributed by atoms with Crippen molar-refractivity contribution in [3.05, 3.63) is 82.9 Å². The van der Waals surface area contributed by atoms with Gasteiger partial charge in [-0.15, -0.1) is 0 Å². The fraction of sp³-hybridized carbons (Fsp3) is 0.261. The van der Waals surface area contributed by atoms with Crippen LogP contribution in [0.25, 0.3) is 11.4 Å². The van der Waals surface area contributed by atoms with E-state index < -0.39 is 0 Å². The van der Waals surface area contributed by atoms with Crippen LogP contribution < -0.4 is 0 Å². The van der Waals surface area contributed by atoms with Crippen molar-refractivity contribution in [2.24, 2.45) is 0 Å². The van der Waals surface area contributed by atoms with Gasteiger partial charge in [0.25, 0.3) is 5.91 Å². The van der Waals surface area contributed by atoms with E-state index in [0.29, 0.717) is 42.5 Å². The highest BCUT2D eigenvalue weighted by molar-refractivity contribution is 6.31. The van der Waals surface area contributed by atoms with Crippen LogP contribution in [0.2, 0.25) is 5.02 Å². The molecule has 33 heavy (non-hydrogen) atoms. The molecular weight excluding hydrogens is 442 g/mol. The summed E-state index contributed by atoms with van der Waals surface area (Å²) in [6.07, 6.45) is 6.98. The average Bonchev–Trinajstić information content (AvgIpc) is 3.55. The number of benzene rings is 2. The zero-order valence-corrected chi connectivity index (χ0v) is 18.8. The van der Waals surface area contributed by atoms with Gasteiger partial charge < -0.3 is 9.64 Å². The normalized spacial score (nSPS) is 16.2. The summed E-state index contributed by atoms with van der Waals surface area (Å²) in [5, 5.41) is 17.5. The number of hydrogen-bond acceptors (Lipinski definition) is 6. The van der Waals surface area contributed by atoms with Crippen LogP contribution >= 0.6 is 11.6 Å². The van der Waals surface area contributed by atoms with Gasteiger partial charge in [0, 0.05) is 11.6 Å². The molecule has 1 amide bonds. The van der Waals surface area contributed by atoms with Gasteiger partial charge in [-0.1, -0.05) is 17.7 Å². The van der Waals surface area contributed by atoms with Crippen molar-refractivity contribution in [1.29, 1.82) is 0 Å². The molecule has 4 aromatic rings. The molecule has 0 N–H and O–H groups in total. The number of halogens is 1. The first kappa shape index (κ1) is 21.3. The Hall–Kier alpha value is -3.56. The Balaban J connectivity index is 1.45. The van der Waals surface area contributed by atoms with E-state index in [1.54, 1.807) is 24.8 Å². The fourth-order valence-corrected chi connectivity index (χ4v) is 4.21. The van der Waals surface area contributed by atoms with Crippen LogP contribution in [-0.4, -0.2) is 66.6 Å². The average molecular weight is 464 g/mol. The quantitative estimate of drug-likeness (QED) is 0.452. The van der Waals surface area contributed by atoms with Crippen LogP contribution in [-0.2, 0) is 11.2 Å². The van der Waals surface area contributed by atoms with Gasteiger partial charge in [-0.3, -0.25) is 4.79 Å². The molecule has 0 aliphatic carbocycles. The zero-order chi connectivity index (χ0) is 22.8. The highest BCUT2D eigenvalue weighted by atomic mass is 35.5. The number of ether oxygens (including phenoxy) is 1. The molecule has 3 heterocycles. The predicted molar refractivity (Wildman–Crippen MR) is 122 cm³/mol. The Kier molecular flexibility index (Phi) is 5.89. The van der Waals surface area contributed by atoms with Crippen LogP contribution in [0.15, 0.2) is 61.2 Å². The molecule has 1 fully saturated rings. The minimum atomic E-state index is -0.177. The minimum absolute atomic E-state index is 0.0865. The summed E-state index contributed by atoms with van der Waals surface area (Å²) < 4.78 is 5.74. The van der Waals surface area contributed by atoms with Crippen molar-refractivity contribution in [2.45, 2.75) is 19.4 Å². The van der Waals surface area contributed by atoms with E-state index in [9.17, 15) is 4.79 Å².